The summed E-state index contributed by atoms with van der Waals surface area (Å²) in [7, 11) is 0. The molecule has 2 rings (SSSR count). The highest BCUT2D eigenvalue weighted by atomic mass is 16.4. The lowest BCUT2D eigenvalue weighted by Crippen LogP contribution is -2.35. The third kappa shape index (κ3) is 1.46. The summed E-state index contributed by atoms with van der Waals surface area (Å²) in [6.07, 6.45) is 0.656. The fourth-order valence-electron chi connectivity index (χ4n) is 2.43. The highest BCUT2D eigenvalue weighted by Gasteiger charge is 2.46. The SMILES string of the molecule is O=C(O)C[C@]1(C(=O)O)CCc2ccccc21. The van der Waals surface area contributed by atoms with Crippen LogP contribution in [0.5, 0.6) is 0 Å². The molecule has 1 aromatic carbocycles. The summed E-state index contributed by atoms with van der Waals surface area (Å²) in [5.74, 6) is -2.11. The molecule has 1 aromatic rings. The van der Waals surface area contributed by atoms with Gasteiger partial charge in [0.1, 0.15) is 5.41 Å². The van der Waals surface area contributed by atoms with Gasteiger partial charge in [0.05, 0.1) is 6.42 Å². The summed E-state index contributed by atoms with van der Waals surface area (Å²) >= 11 is 0. The summed E-state index contributed by atoms with van der Waals surface area (Å²) in [5.41, 5.74) is 0.374. The standard InChI is InChI=1S/C12H12O4/c13-10(14)7-12(11(15)16)6-5-8-3-1-2-4-9(8)12/h1-4H,5-7H2,(H,13,14)(H,15,16)/t12-/m1/s1. The molecule has 0 saturated heterocycles. The average Bonchev–Trinajstić information content (AvgIpc) is 2.58. The molecular weight excluding hydrogens is 208 g/mol. The fraction of sp³-hybridized carbons (Fsp3) is 0.333. The largest absolute Gasteiger partial charge is 0.481 e. The monoisotopic (exact) mass is 220 g/mol. The van der Waals surface area contributed by atoms with Crippen LogP contribution in [-0.2, 0) is 21.4 Å². The van der Waals surface area contributed by atoms with Gasteiger partial charge in [-0.05, 0) is 24.0 Å². The van der Waals surface area contributed by atoms with Gasteiger partial charge in [-0.25, -0.2) is 0 Å². The fourth-order valence-corrected chi connectivity index (χ4v) is 2.43. The van der Waals surface area contributed by atoms with E-state index in [0.29, 0.717) is 18.4 Å². The number of aryl methyl sites for hydroxylation is 1. The van der Waals surface area contributed by atoms with Gasteiger partial charge in [-0.1, -0.05) is 24.3 Å². The molecule has 1 aliphatic carbocycles. The lowest BCUT2D eigenvalue weighted by Gasteiger charge is -2.23. The zero-order chi connectivity index (χ0) is 11.8. The molecule has 0 spiro atoms. The van der Waals surface area contributed by atoms with Gasteiger partial charge in [-0.3, -0.25) is 9.59 Å². The number of carbonyl (C=O) groups is 2. The van der Waals surface area contributed by atoms with Crippen molar-refractivity contribution in [2.24, 2.45) is 0 Å². The minimum absolute atomic E-state index is 0.348. The van der Waals surface area contributed by atoms with Crippen LogP contribution in [0, 0.1) is 0 Å². The number of hydrogen-bond acceptors (Lipinski definition) is 2. The molecule has 4 nitrogen and oxygen atoms in total. The maximum absolute atomic E-state index is 11.4. The maximum atomic E-state index is 11.4. The summed E-state index contributed by atoms with van der Waals surface area (Å²) in [6, 6.07) is 7.18. The summed E-state index contributed by atoms with van der Waals surface area (Å²) in [5, 5.41) is 18.1. The van der Waals surface area contributed by atoms with Gasteiger partial charge >= 0.3 is 11.9 Å². The molecule has 0 aromatic heterocycles. The molecule has 4 heteroatoms. The van der Waals surface area contributed by atoms with E-state index in [1.807, 2.05) is 12.1 Å². The highest BCUT2D eigenvalue weighted by molar-refractivity contribution is 5.88. The zero-order valence-electron chi connectivity index (χ0n) is 8.64. The number of fused-ring (bicyclic) bond motifs is 1. The molecule has 84 valence electrons. The van der Waals surface area contributed by atoms with Crippen LogP contribution in [0.25, 0.3) is 0 Å². The van der Waals surface area contributed by atoms with Gasteiger partial charge in [-0.2, -0.15) is 0 Å². The third-order valence-electron chi connectivity index (χ3n) is 3.22. The Labute approximate surface area is 92.5 Å². The van der Waals surface area contributed by atoms with Crippen molar-refractivity contribution in [3.63, 3.8) is 0 Å². The zero-order valence-corrected chi connectivity index (χ0v) is 8.64. The molecule has 0 heterocycles. The van der Waals surface area contributed by atoms with Gasteiger partial charge in [0.25, 0.3) is 0 Å². The highest BCUT2D eigenvalue weighted by Crippen LogP contribution is 2.41. The first-order valence-electron chi connectivity index (χ1n) is 5.10. The van der Waals surface area contributed by atoms with Crippen LogP contribution < -0.4 is 0 Å². The van der Waals surface area contributed by atoms with Crippen LogP contribution in [0.15, 0.2) is 24.3 Å². The smallest absolute Gasteiger partial charge is 0.314 e. The summed E-state index contributed by atoms with van der Waals surface area (Å²) < 4.78 is 0. The Morgan fingerprint density at radius 3 is 2.56 bits per heavy atom. The van der Waals surface area contributed by atoms with E-state index in [1.165, 1.54) is 0 Å². The predicted molar refractivity (Wildman–Crippen MR) is 56.3 cm³/mol. The minimum atomic E-state index is -1.23. The van der Waals surface area contributed by atoms with Crippen molar-refractivity contribution in [3.05, 3.63) is 35.4 Å². The van der Waals surface area contributed by atoms with Crippen molar-refractivity contribution in [3.8, 4) is 0 Å². The van der Waals surface area contributed by atoms with E-state index in [4.69, 9.17) is 5.11 Å². The minimum Gasteiger partial charge on any atom is -0.481 e. The maximum Gasteiger partial charge on any atom is 0.314 e. The second-order valence-corrected chi connectivity index (χ2v) is 4.11. The Hall–Kier alpha value is -1.84. The second kappa shape index (κ2) is 3.63. The van der Waals surface area contributed by atoms with E-state index >= 15 is 0 Å². The Bertz CT molecular complexity index is 452. The molecule has 0 radical (unpaired) electrons. The topological polar surface area (TPSA) is 74.6 Å². The van der Waals surface area contributed by atoms with Crippen molar-refractivity contribution in [2.45, 2.75) is 24.7 Å². The molecule has 1 atom stereocenters. The van der Waals surface area contributed by atoms with E-state index in [1.54, 1.807) is 12.1 Å². The van der Waals surface area contributed by atoms with Gasteiger partial charge in [-0.15, -0.1) is 0 Å². The van der Waals surface area contributed by atoms with Crippen molar-refractivity contribution in [2.75, 3.05) is 0 Å². The summed E-state index contributed by atoms with van der Waals surface area (Å²) in [4.78, 5) is 22.2. The van der Waals surface area contributed by atoms with Gasteiger partial charge in [0, 0.05) is 0 Å². The number of hydrogen-bond donors (Lipinski definition) is 2. The molecule has 16 heavy (non-hydrogen) atoms. The Morgan fingerprint density at radius 2 is 1.94 bits per heavy atom. The predicted octanol–water partition coefficient (Wildman–Crippen LogP) is 1.43. The Morgan fingerprint density at radius 1 is 1.25 bits per heavy atom. The molecule has 0 unspecified atom stereocenters. The normalized spacial score (nSPS) is 22.8. The Kier molecular flexibility index (Phi) is 2.42. The first-order chi connectivity index (χ1) is 7.56. The number of aliphatic carboxylic acids is 2. The average molecular weight is 220 g/mol. The van der Waals surface area contributed by atoms with E-state index < -0.39 is 17.4 Å². The number of benzene rings is 1. The van der Waals surface area contributed by atoms with Gasteiger partial charge in [0.15, 0.2) is 0 Å². The van der Waals surface area contributed by atoms with E-state index in [-0.39, 0.29) is 6.42 Å². The van der Waals surface area contributed by atoms with Crippen molar-refractivity contribution >= 4 is 11.9 Å². The number of rotatable bonds is 3. The third-order valence-corrected chi connectivity index (χ3v) is 3.22. The molecular formula is C12H12O4. The first-order valence-corrected chi connectivity index (χ1v) is 5.10. The van der Waals surface area contributed by atoms with E-state index in [2.05, 4.69) is 0 Å². The van der Waals surface area contributed by atoms with Crippen molar-refractivity contribution in [1.82, 2.24) is 0 Å². The number of carboxylic acids is 2. The Balaban J connectivity index is 2.51. The van der Waals surface area contributed by atoms with Crippen molar-refractivity contribution in [1.29, 1.82) is 0 Å². The van der Waals surface area contributed by atoms with Gasteiger partial charge < -0.3 is 10.2 Å². The molecule has 0 bridgehead atoms. The van der Waals surface area contributed by atoms with Crippen LogP contribution in [0.1, 0.15) is 24.0 Å². The molecule has 0 saturated carbocycles. The van der Waals surface area contributed by atoms with Crippen LogP contribution >= 0.6 is 0 Å². The molecule has 0 aliphatic heterocycles. The van der Waals surface area contributed by atoms with Crippen LogP contribution in [0.4, 0.5) is 0 Å². The van der Waals surface area contributed by atoms with Crippen LogP contribution in [0.3, 0.4) is 0 Å². The first kappa shape index (κ1) is 10.7. The number of carboxylic acid groups (broad SMARTS) is 2. The quantitative estimate of drug-likeness (QED) is 0.808. The lowest BCUT2D eigenvalue weighted by atomic mass is 9.79. The van der Waals surface area contributed by atoms with Crippen LogP contribution in [-0.4, -0.2) is 22.2 Å². The molecule has 1 aliphatic rings. The van der Waals surface area contributed by atoms with Crippen molar-refractivity contribution < 1.29 is 19.8 Å². The molecule has 0 amide bonds. The van der Waals surface area contributed by atoms with E-state index in [9.17, 15) is 14.7 Å². The van der Waals surface area contributed by atoms with Gasteiger partial charge in [0.2, 0.25) is 0 Å². The lowest BCUT2D eigenvalue weighted by molar-refractivity contribution is -0.150. The summed E-state index contributed by atoms with van der Waals surface area (Å²) in [6.45, 7) is 0. The van der Waals surface area contributed by atoms with Crippen LogP contribution in [0.2, 0.25) is 0 Å². The molecule has 2 N–H and O–H groups in total. The van der Waals surface area contributed by atoms with E-state index in [0.717, 1.165) is 5.56 Å². The molecule has 0 fully saturated rings. The second-order valence-electron chi connectivity index (χ2n) is 4.11.